The van der Waals surface area contributed by atoms with Crippen molar-refractivity contribution >= 4 is 0 Å². The molecule has 0 saturated heterocycles. The highest BCUT2D eigenvalue weighted by Crippen LogP contribution is 2.21. The van der Waals surface area contributed by atoms with Crippen molar-refractivity contribution in [3.63, 3.8) is 0 Å². The van der Waals surface area contributed by atoms with Gasteiger partial charge in [-0.1, -0.05) is 37.3 Å². The number of rotatable bonds is 2. The summed E-state index contributed by atoms with van der Waals surface area (Å²) in [7, 11) is 0. The molecule has 0 atom stereocenters. The molecule has 1 aromatic heterocycles. The summed E-state index contributed by atoms with van der Waals surface area (Å²) >= 11 is 0. The molecule has 0 unspecified atom stereocenters. The van der Waals surface area contributed by atoms with E-state index in [1.54, 1.807) is 6.20 Å². The summed E-state index contributed by atoms with van der Waals surface area (Å²) in [5.74, 6) is 0. The Hall–Kier alpha value is -1.63. The second kappa shape index (κ2) is 4.05. The third-order valence-electron chi connectivity index (χ3n) is 2.29. The van der Waals surface area contributed by atoms with Crippen molar-refractivity contribution in [1.82, 2.24) is 4.98 Å². The Kier molecular flexibility index (Phi) is 2.59. The van der Waals surface area contributed by atoms with Gasteiger partial charge in [-0.3, -0.25) is 4.98 Å². The molecule has 69 valence electrons. The van der Waals surface area contributed by atoms with E-state index in [0.29, 0.717) is 0 Å². The van der Waals surface area contributed by atoms with E-state index in [9.17, 15) is 0 Å². The normalized spacial score (nSPS) is 10.1. The van der Waals surface area contributed by atoms with Gasteiger partial charge in [0.05, 0.1) is 6.20 Å². The average Bonchev–Trinajstić information content (AvgIpc) is 2.30. The quantitative estimate of drug-likeness (QED) is 0.695. The minimum Gasteiger partial charge on any atom is -0.254 e. The van der Waals surface area contributed by atoms with Crippen LogP contribution in [0.4, 0.5) is 0 Å². The van der Waals surface area contributed by atoms with E-state index >= 15 is 0 Å². The predicted molar refractivity (Wildman–Crippen MR) is 57.9 cm³/mol. The second-order valence-electron chi connectivity index (χ2n) is 3.18. The molecule has 0 N–H and O–H groups in total. The lowest BCUT2D eigenvalue weighted by Crippen LogP contribution is -1.88. The summed E-state index contributed by atoms with van der Waals surface area (Å²) in [5.41, 5.74) is 3.61. The summed E-state index contributed by atoms with van der Waals surface area (Å²) in [6, 6.07) is 12.3. The summed E-state index contributed by atoms with van der Waals surface area (Å²) in [6.07, 6.45) is 5.87. The SMILES string of the molecule is CCc1ccn[c]c1-c1ccccc1. The first kappa shape index (κ1) is 8.95. The van der Waals surface area contributed by atoms with Crippen LogP contribution < -0.4 is 0 Å². The zero-order valence-corrected chi connectivity index (χ0v) is 8.20. The second-order valence-corrected chi connectivity index (χ2v) is 3.18. The lowest BCUT2D eigenvalue weighted by Gasteiger charge is -2.05. The van der Waals surface area contributed by atoms with Gasteiger partial charge >= 0.3 is 0 Å². The van der Waals surface area contributed by atoms with E-state index in [-0.39, 0.29) is 0 Å². The van der Waals surface area contributed by atoms with Crippen LogP contribution in [-0.2, 0) is 6.42 Å². The van der Waals surface area contributed by atoms with Crippen molar-refractivity contribution in [1.29, 1.82) is 0 Å². The smallest absolute Gasteiger partial charge is 0.0973 e. The summed E-state index contributed by atoms with van der Waals surface area (Å²) in [4.78, 5) is 4.04. The first-order chi connectivity index (χ1) is 6.92. The van der Waals surface area contributed by atoms with Gasteiger partial charge in [0.2, 0.25) is 0 Å². The Balaban J connectivity index is 2.51. The van der Waals surface area contributed by atoms with E-state index in [2.05, 4.69) is 36.3 Å². The number of hydrogen-bond acceptors (Lipinski definition) is 1. The number of nitrogens with zero attached hydrogens (tertiary/aromatic N) is 1. The molecule has 14 heavy (non-hydrogen) atoms. The average molecular weight is 182 g/mol. The van der Waals surface area contributed by atoms with Crippen molar-refractivity contribution < 1.29 is 0 Å². The molecule has 1 nitrogen and oxygen atoms in total. The van der Waals surface area contributed by atoms with E-state index in [1.807, 2.05) is 18.2 Å². The maximum atomic E-state index is 4.04. The van der Waals surface area contributed by atoms with Gasteiger partial charge in [-0.05, 0) is 23.6 Å². The van der Waals surface area contributed by atoms with Crippen molar-refractivity contribution in [2.24, 2.45) is 0 Å². The number of benzene rings is 1. The molecule has 1 radical (unpaired) electrons. The van der Waals surface area contributed by atoms with Crippen molar-refractivity contribution in [3.05, 3.63) is 54.4 Å². The van der Waals surface area contributed by atoms with Crippen LogP contribution in [0.2, 0.25) is 0 Å². The van der Waals surface area contributed by atoms with E-state index in [4.69, 9.17) is 0 Å². The predicted octanol–water partition coefficient (Wildman–Crippen LogP) is 3.11. The van der Waals surface area contributed by atoms with E-state index in [1.165, 1.54) is 11.1 Å². The Morgan fingerprint density at radius 3 is 2.64 bits per heavy atom. The molecule has 1 heterocycles. The highest BCUT2D eigenvalue weighted by molar-refractivity contribution is 5.65. The van der Waals surface area contributed by atoms with Crippen LogP contribution in [0.1, 0.15) is 12.5 Å². The fourth-order valence-electron chi connectivity index (χ4n) is 1.53. The lowest BCUT2D eigenvalue weighted by atomic mass is 10.0. The fourth-order valence-corrected chi connectivity index (χ4v) is 1.53. The molecule has 0 aliphatic heterocycles. The Bertz CT molecular complexity index is 407. The van der Waals surface area contributed by atoms with Crippen LogP contribution in [0.15, 0.2) is 42.6 Å². The highest BCUT2D eigenvalue weighted by atomic mass is 14.6. The van der Waals surface area contributed by atoms with Crippen LogP contribution in [0.5, 0.6) is 0 Å². The zero-order valence-electron chi connectivity index (χ0n) is 8.20. The molecular weight excluding hydrogens is 170 g/mol. The number of aromatic nitrogens is 1. The molecular formula is C13H12N. The topological polar surface area (TPSA) is 12.9 Å². The van der Waals surface area contributed by atoms with Crippen LogP contribution in [0.25, 0.3) is 11.1 Å². The third-order valence-corrected chi connectivity index (χ3v) is 2.29. The van der Waals surface area contributed by atoms with Gasteiger partial charge in [0.25, 0.3) is 0 Å². The Morgan fingerprint density at radius 1 is 1.14 bits per heavy atom. The zero-order chi connectivity index (χ0) is 9.80. The Labute approximate surface area is 84.4 Å². The molecule has 0 aliphatic rings. The monoisotopic (exact) mass is 182 g/mol. The lowest BCUT2D eigenvalue weighted by molar-refractivity contribution is 1.12. The van der Waals surface area contributed by atoms with E-state index in [0.717, 1.165) is 12.0 Å². The van der Waals surface area contributed by atoms with Gasteiger partial charge in [0.15, 0.2) is 0 Å². The van der Waals surface area contributed by atoms with Crippen LogP contribution in [0.3, 0.4) is 0 Å². The third kappa shape index (κ3) is 1.67. The van der Waals surface area contributed by atoms with Gasteiger partial charge in [-0.25, -0.2) is 0 Å². The number of hydrogen-bond donors (Lipinski definition) is 0. The van der Waals surface area contributed by atoms with E-state index < -0.39 is 0 Å². The van der Waals surface area contributed by atoms with Crippen LogP contribution in [0, 0.1) is 6.20 Å². The van der Waals surface area contributed by atoms with Crippen LogP contribution >= 0.6 is 0 Å². The van der Waals surface area contributed by atoms with Crippen LogP contribution in [-0.4, -0.2) is 4.98 Å². The van der Waals surface area contributed by atoms with Crippen molar-refractivity contribution in [2.45, 2.75) is 13.3 Å². The van der Waals surface area contributed by atoms with Crippen molar-refractivity contribution in [2.75, 3.05) is 0 Å². The summed E-state index contributed by atoms with van der Waals surface area (Å²) in [6.45, 7) is 2.15. The molecule has 0 fully saturated rings. The van der Waals surface area contributed by atoms with Gasteiger partial charge < -0.3 is 0 Å². The van der Waals surface area contributed by atoms with Gasteiger partial charge in [0.1, 0.15) is 0 Å². The van der Waals surface area contributed by atoms with Gasteiger partial charge in [-0.2, -0.15) is 0 Å². The van der Waals surface area contributed by atoms with Gasteiger partial charge in [-0.15, -0.1) is 0 Å². The fraction of sp³-hybridized carbons (Fsp3) is 0.154. The molecule has 2 aromatic rings. The molecule has 1 aromatic carbocycles. The number of aryl methyl sites for hydroxylation is 1. The molecule has 0 aliphatic carbocycles. The molecule has 0 spiro atoms. The first-order valence-electron chi connectivity index (χ1n) is 4.83. The molecule has 0 amide bonds. The molecule has 0 saturated carbocycles. The van der Waals surface area contributed by atoms with Gasteiger partial charge in [0, 0.05) is 11.8 Å². The van der Waals surface area contributed by atoms with Crippen molar-refractivity contribution in [3.8, 4) is 11.1 Å². The summed E-state index contributed by atoms with van der Waals surface area (Å²) < 4.78 is 0. The maximum absolute atomic E-state index is 4.04. The summed E-state index contributed by atoms with van der Waals surface area (Å²) in [5, 5.41) is 0. The number of pyridine rings is 1. The highest BCUT2D eigenvalue weighted by Gasteiger charge is 2.02. The molecule has 1 heteroatoms. The molecule has 0 bridgehead atoms. The Morgan fingerprint density at radius 2 is 1.93 bits per heavy atom. The minimum absolute atomic E-state index is 1.02. The minimum atomic E-state index is 1.02. The standard InChI is InChI=1S/C13H12N/c1-2-11-8-9-14-10-13(11)12-6-4-3-5-7-12/h3-9H,2H2,1H3. The maximum Gasteiger partial charge on any atom is 0.0973 e. The molecule has 2 rings (SSSR count). The largest absolute Gasteiger partial charge is 0.254 e. The first-order valence-corrected chi connectivity index (χ1v) is 4.83.